The highest BCUT2D eigenvalue weighted by molar-refractivity contribution is 5.96. The van der Waals surface area contributed by atoms with Crippen LogP contribution in [0.3, 0.4) is 0 Å². The highest BCUT2D eigenvalue weighted by atomic mass is 16.5. The Bertz CT molecular complexity index is 1250. The van der Waals surface area contributed by atoms with Crippen LogP contribution < -0.4 is 4.90 Å². The van der Waals surface area contributed by atoms with Crippen LogP contribution in [0.15, 0.2) is 102 Å². The maximum absolute atomic E-state index is 12.2. The van der Waals surface area contributed by atoms with Gasteiger partial charge < -0.3 is 14.2 Å². The van der Waals surface area contributed by atoms with Gasteiger partial charge in [-0.1, -0.05) is 59.8 Å². The summed E-state index contributed by atoms with van der Waals surface area (Å²) in [5, 5.41) is 4.13. The Kier molecular flexibility index (Phi) is 4.94. The Hall–Kier alpha value is -4.32. The molecule has 0 fully saturated rings. The molecule has 1 aliphatic rings. The summed E-state index contributed by atoms with van der Waals surface area (Å²) < 4.78 is 5.60. The van der Waals surface area contributed by atoms with Crippen molar-refractivity contribution < 1.29 is 9.32 Å². The largest absolute Gasteiger partial charge is 0.334 e. The second-order valence-corrected chi connectivity index (χ2v) is 7.01. The van der Waals surface area contributed by atoms with E-state index in [-0.39, 0.29) is 0 Å². The lowest BCUT2D eigenvalue weighted by Crippen LogP contribution is -2.35. The molecule has 0 saturated carbocycles. The normalized spacial score (nSPS) is 15.9. The van der Waals surface area contributed by atoms with Crippen LogP contribution in [0.25, 0.3) is 22.5 Å². The van der Waals surface area contributed by atoms with Gasteiger partial charge in [-0.2, -0.15) is 4.98 Å². The first-order valence-corrected chi connectivity index (χ1v) is 9.86. The fraction of sp³-hybridized carbons (Fsp3) is 0.0400. The number of para-hydroxylation sites is 1. The molecule has 4 aromatic rings. The summed E-state index contributed by atoms with van der Waals surface area (Å²) in [5.41, 5.74) is 3.97. The molecule has 0 bridgehead atoms. The van der Waals surface area contributed by atoms with Gasteiger partial charge in [0.2, 0.25) is 5.82 Å². The highest BCUT2D eigenvalue weighted by Gasteiger charge is 2.30. The summed E-state index contributed by atoms with van der Waals surface area (Å²) >= 11 is 0. The number of pyridine rings is 1. The molecule has 0 radical (unpaired) electrons. The van der Waals surface area contributed by atoms with Crippen molar-refractivity contribution in [1.82, 2.24) is 15.1 Å². The van der Waals surface area contributed by atoms with E-state index in [2.05, 4.69) is 15.1 Å². The average Bonchev–Trinajstić information content (AvgIpc) is 3.35. The van der Waals surface area contributed by atoms with Crippen molar-refractivity contribution in [2.75, 3.05) is 4.90 Å². The molecule has 1 unspecified atom stereocenters. The summed E-state index contributed by atoms with van der Waals surface area (Å²) in [6.45, 7) is 0. The Morgan fingerprint density at radius 3 is 2.35 bits per heavy atom. The first-order valence-electron chi connectivity index (χ1n) is 9.86. The zero-order chi connectivity index (χ0) is 21.0. The van der Waals surface area contributed by atoms with Crippen LogP contribution in [-0.2, 0) is 4.79 Å². The van der Waals surface area contributed by atoms with E-state index in [9.17, 15) is 4.79 Å². The molecule has 150 valence electrons. The maximum Gasteiger partial charge on any atom is 0.256 e. The van der Waals surface area contributed by atoms with Gasteiger partial charge in [0.15, 0.2) is 0 Å². The summed E-state index contributed by atoms with van der Waals surface area (Å²) in [6.07, 6.45) is 6.44. The number of hydrogen-bond acceptors (Lipinski definition) is 6. The molecular formula is C25H18N4O2. The van der Waals surface area contributed by atoms with Crippen molar-refractivity contribution in [1.29, 1.82) is 0 Å². The third-order valence-corrected chi connectivity index (χ3v) is 5.06. The summed E-state index contributed by atoms with van der Waals surface area (Å²) in [6, 6.07) is 24.4. The summed E-state index contributed by atoms with van der Waals surface area (Å²) in [7, 11) is 0. The van der Waals surface area contributed by atoms with E-state index in [1.807, 2.05) is 96.0 Å². The van der Waals surface area contributed by atoms with Gasteiger partial charge in [-0.15, -0.1) is 0 Å². The predicted molar refractivity (Wildman–Crippen MR) is 119 cm³/mol. The Morgan fingerprint density at radius 1 is 0.903 bits per heavy atom. The standard InChI is InChI=1S/C25H18N4O2/c30-17-23-21(25-27-24(28-31-25)18-9-3-1-4-10-18)15-19(22-13-7-8-14-26-22)16-29(23)20-11-5-2-6-12-20/h1-17,23H. The minimum atomic E-state index is -0.612. The highest BCUT2D eigenvalue weighted by Crippen LogP contribution is 2.34. The van der Waals surface area contributed by atoms with E-state index in [0.717, 1.165) is 28.8 Å². The van der Waals surface area contributed by atoms with Crippen molar-refractivity contribution in [3.8, 4) is 11.4 Å². The number of aldehydes is 1. The number of aromatic nitrogens is 3. The number of carbonyl (C=O) groups is 1. The van der Waals surface area contributed by atoms with E-state index in [0.29, 0.717) is 17.3 Å². The van der Waals surface area contributed by atoms with Crippen LogP contribution in [0.5, 0.6) is 0 Å². The molecule has 0 amide bonds. The van der Waals surface area contributed by atoms with Gasteiger partial charge >= 0.3 is 0 Å². The van der Waals surface area contributed by atoms with E-state index >= 15 is 0 Å². The van der Waals surface area contributed by atoms with Crippen molar-refractivity contribution in [3.05, 3.63) is 109 Å². The third-order valence-electron chi connectivity index (χ3n) is 5.06. The number of hydrogen-bond donors (Lipinski definition) is 0. The molecule has 0 N–H and O–H groups in total. The van der Waals surface area contributed by atoms with E-state index in [1.165, 1.54) is 0 Å². The van der Waals surface area contributed by atoms with Gasteiger partial charge in [0, 0.05) is 34.8 Å². The fourth-order valence-electron chi connectivity index (χ4n) is 3.55. The lowest BCUT2D eigenvalue weighted by molar-refractivity contribution is -0.107. The lowest BCUT2D eigenvalue weighted by Gasteiger charge is -2.31. The van der Waals surface area contributed by atoms with Gasteiger partial charge in [0.25, 0.3) is 5.89 Å². The van der Waals surface area contributed by atoms with Crippen LogP contribution >= 0.6 is 0 Å². The first kappa shape index (κ1) is 18.7. The van der Waals surface area contributed by atoms with Crippen molar-refractivity contribution in [2.24, 2.45) is 0 Å². The van der Waals surface area contributed by atoms with Gasteiger partial charge in [-0.25, -0.2) is 0 Å². The smallest absolute Gasteiger partial charge is 0.256 e. The molecule has 1 atom stereocenters. The van der Waals surface area contributed by atoms with Crippen molar-refractivity contribution in [3.63, 3.8) is 0 Å². The molecule has 2 aromatic carbocycles. The Labute approximate surface area is 179 Å². The Balaban J connectivity index is 1.62. The zero-order valence-corrected chi connectivity index (χ0v) is 16.5. The van der Waals surface area contributed by atoms with Crippen molar-refractivity contribution >= 4 is 23.1 Å². The molecular weight excluding hydrogens is 388 g/mol. The molecule has 5 rings (SSSR count). The molecule has 0 aliphatic carbocycles. The molecule has 3 heterocycles. The first-order chi connectivity index (χ1) is 15.3. The second kappa shape index (κ2) is 8.20. The SMILES string of the molecule is O=CC1C(c2nc(-c3ccccc3)no2)=CC(c2ccccn2)=CN1c1ccccc1. The van der Waals surface area contributed by atoms with E-state index < -0.39 is 6.04 Å². The zero-order valence-electron chi connectivity index (χ0n) is 16.5. The van der Waals surface area contributed by atoms with Gasteiger partial charge in [0.05, 0.1) is 5.69 Å². The van der Waals surface area contributed by atoms with Gasteiger partial charge in [0.1, 0.15) is 12.3 Å². The molecule has 31 heavy (non-hydrogen) atoms. The maximum atomic E-state index is 12.2. The number of allylic oxidation sites excluding steroid dienone is 2. The van der Waals surface area contributed by atoms with Crippen LogP contribution in [0.2, 0.25) is 0 Å². The molecule has 0 saturated heterocycles. The summed E-state index contributed by atoms with van der Waals surface area (Å²) in [5.74, 6) is 0.778. The number of anilines is 1. The number of benzene rings is 2. The molecule has 0 spiro atoms. The molecule has 1 aliphatic heterocycles. The minimum absolute atomic E-state index is 0.304. The number of rotatable bonds is 5. The van der Waals surface area contributed by atoms with Crippen molar-refractivity contribution in [2.45, 2.75) is 6.04 Å². The molecule has 2 aromatic heterocycles. The molecule has 6 nitrogen and oxygen atoms in total. The van der Waals surface area contributed by atoms with Gasteiger partial charge in [-0.3, -0.25) is 4.98 Å². The predicted octanol–water partition coefficient (Wildman–Crippen LogP) is 4.64. The average molecular weight is 406 g/mol. The number of nitrogens with zero attached hydrogens (tertiary/aromatic N) is 4. The fourth-order valence-corrected chi connectivity index (χ4v) is 3.55. The topological polar surface area (TPSA) is 72.1 Å². The second-order valence-electron chi connectivity index (χ2n) is 7.01. The van der Waals surface area contributed by atoms with Crippen LogP contribution in [0.4, 0.5) is 5.69 Å². The van der Waals surface area contributed by atoms with Crippen LogP contribution in [0.1, 0.15) is 11.6 Å². The minimum Gasteiger partial charge on any atom is -0.334 e. The van der Waals surface area contributed by atoms with E-state index in [1.54, 1.807) is 6.20 Å². The molecule has 6 heteroatoms. The van der Waals surface area contributed by atoms with Crippen LogP contribution in [-0.4, -0.2) is 27.5 Å². The summed E-state index contributed by atoms with van der Waals surface area (Å²) in [4.78, 5) is 23.2. The monoisotopic (exact) mass is 406 g/mol. The number of carbonyl (C=O) groups excluding carboxylic acids is 1. The van der Waals surface area contributed by atoms with E-state index in [4.69, 9.17) is 4.52 Å². The van der Waals surface area contributed by atoms with Crippen LogP contribution in [0, 0.1) is 0 Å². The Morgan fingerprint density at radius 2 is 1.65 bits per heavy atom. The lowest BCUT2D eigenvalue weighted by atomic mass is 9.97. The van der Waals surface area contributed by atoms with Gasteiger partial charge in [-0.05, 0) is 30.3 Å². The quantitative estimate of drug-likeness (QED) is 0.450. The third kappa shape index (κ3) is 3.67.